The average molecular weight is 374 g/mol. The van der Waals surface area contributed by atoms with Crippen molar-refractivity contribution in [1.29, 1.82) is 0 Å². The van der Waals surface area contributed by atoms with Gasteiger partial charge in [-0.05, 0) is 17.7 Å². The van der Waals surface area contributed by atoms with Crippen LogP contribution in [0.5, 0.6) is 0 Å². The Morgan fingerprint density at radius 2 is 2.00 bits per heavy atom. The fourth-order valence-electron chi connectivity index (χ4n) is 2.42. The van der Waals surface area contributed by atoms with Gasteiger partial charge in [0.15, 0.2) is 5.82 Å². The third-order valence-electron chi connectivity index (χ3n) is 3.68. The maximum absolute atomic E-state index is 12.0. The van der Waals surface area contributed by atoms with Crippen LogP contribution in [0.25, 0.3) is 0 Å². The van der Waals surface area contributed by atoms with E-state index in [1.807, 2.05) is 24.3 Å². The molecule has 1 aromatic carbocycles. The predicted molar refractivity (Wildman–Crippen MR) is 95.2 cm³/mol. The number of amides is 1. The van der Waals surface area contributed by atoms with Gasteiger partial charge < -0.3 is 10.4 Å². The summed E-state index contributed by atoms with van der Waals surface area (Å²) < 4.78 is 2.95. The number of carboxylic acid groups (broad SMARTS) is 1. The lowest BCUT2D eigenvalue weighted by molar-refractivity contribution is -0.116. The molecule has 2 N–H and O–H groups in total. The Balaban J connectivity index is 1.55. The molecule has 0 radical (unpaired) electrons. The molecule has 2 heterocycles. The van der Waals surface area contributed by atoms with Gasteiger partial charge in [0.25, 0.3) is 0 Å². The summed E-state index contributed by atoms with van der Waals surface area (Å²) in [6.45, 7) is 0.658. The summed E-state index contributed by atoms with van der Waals surface area (Å²) >= 11 is 6.13. The fourth-order valence-corrected chi connectivity index (χ4v) is 2.62. The lowest BCUT2D eigenvalue weighted by Gasteiger charge is -2.05. The van der Waals surface area contributed by atoms with Gasteiger partial charge in [0.05, 0.1) is 13.1 Å². The Morgan fingerprint density at radius 3 is 2.77 bits per heavy atom. The first-order chi connectivity index (χ1) is 12.5. The van der Waals surface area contributed by atoms with Crippen molar-refractivity contribution in [3.05, 3.63) is 65.1 Å². The average Bonchev–Trinajstić information content (AvgIpc) is 3.24. The second kappa shape index (κ2) is 7.83. The van der Waals surface area contributed by atoms with E-state index in [1.54, 1.807) is 16.9 Å². The number of nitrogens with zero attached hydrogens (tertiary/aromatic N) is 4. The summed E-state index contributed by atoms with van der Waals surface area (Å²) in [4.78, 5) is 23.1. The van der Waals surface area contributed by atoms with Crippen LogP contribution in [-0.4, -0.2) is 36.5 Å². The second-order valence-electron chi connectivity index (χ2n) is 5.53. The van der Waals surface area contributed by atoms with Gasteiger partial charge >= 0.3 is 5.97 Å². The third kappa shape index (κ3) is 4.28. The molecule has 0 saturated heterocycles. The zero-order valence-electron chi connectivity index (χ0n) is 13.7. The van der Waals surface area contributed by atoms with Gasteiger partial charge in [0.2, 0.25) is 5.91 Å². The van der Waals surface area contributed by atoms with E-state index in [0.29, 0.717) is 17.4 Å². The molecule has 3 rings (SSSR count). The quantitative estimate of drug-likeness (QED) is 0.662. The summed E-state index contributed by atoms with van der Waals surface area (Å²) in [5, 5.41) is 20.5. The number of carbonyl (C=O) groups is 2. The lowest BCUT2D eigenvalue weighted by Crippen LogP contribution is -2.17. The first-order valence-corrected chi connectivity index (χ1v) is 8.22. The molecule has 3 aromatic rings. The van der Waals surface area contributed by atoms with Crippen LogP contribution in [0.3, 0.4) is 0 Å². The van der Waals surface area contributed by atoms with Gasteiger partial charge in [-0.2, -0.15) is 10.2 Å². The molecule has 0 spiro atoms. The Labute approximate surface area is 154 Å². The van der Waals surface area contributed by atoms with Crippen LogP contribution in [0.15, 0.2) is 48.8 Å². The molecule has 134 valence electrons. The normalized spacial score (nSPS) is 10.7. The number of halogens is 1. The van der Waals surface area contributed by atoms with E-state index in [9.17, 15) is 9.59 Å². The van der Waals surface area contributed by atoms with Crippen LogP contribution in [0, 0.1) is 0 Å². The van der Waals surface area contributed by atoms with Gasteiger partial charge in [-0.1, -0.05) is 29.8 Å². The lowest BCUT2D eigenvalue weighted by atomic mass is 10.2. The standard InChI is InChI=1S/C17H16ClN5O3/c18-13-4-2-1-3-12(13)11-22-9-6-15(21-22)20-16(24)7-10-23-14(17(25)26)5-8-19-23/h1-6,8-9H,7,10-11H2,(H,25,26)(H,20,21,24). The molecule has 8 nitrogen and oxygen atoms in total. The number of benzene rings is 1. The first-order valence-electron chi connectivity index (χ1n) is 7.85. The van der Waals surface area contributed by atoms with E-state index in [1.165, 1.54) is 16.9 Å². The Hall–Kier alpha value is -3.13. The molecule has 0 aliphatic carbocycles. The molecule has 0 fully saturated rings. The minimum absolute atomic E-state index is 0.0433. The van der Waals surface area contributed by atoms with E-state index in [-0.39, 0.29) is 24.6 Å². The summed E-state index contributed by atoms with van der Waals surface area (Å²) in [7, 11) is 0. The number of carboxylic acids is 1. The zero-order chi connectivity index (χ0) is 18.5. The molecule has 0 unspecified atom stereocenters. The highest BCUT2D eigenvalue weighted by Crippen LogP contribution is 2.16. The van der Waals surface area contributed by atoms with Gasteiger partial charge in [-0.25, -0.2) is 4.79 Å². The number of aromatic carboxylic acids is 1. The molecule has 0 bridgehead atoms. The molecule has 0 atom stereocenters. The van der Waals surface area contributed by atoms with E-state index in [2.05, 4.69) is 15.5 Å². The Morgan fingerprint density at radius 1 is 1.19 bits per heavy atom. The van der Waals surface area contributed by atoms with Gasteiger partial charge in [-0.3, -0.25) is 14.2 Å². The smallest absolute Gasteiger partial charge is 0.354 e. The molecule has 0 aliphatic rings. The minimum Gasteiger partial charge on any atom is -0.477 e. The number of rotatable bonds is 7. The van der Waals surface area contributed by atoms with Crippen LogP contribution >= 0.6 is 11.6 Å². The molecule has 26 heavy (non-hydrogen) atoms. The third-order valence-corrected chi connectivity index (χ3v) is 4.05. The van der Waals surface area contributed by atoms with Crippen molar-refractivity contribution in [2.24, 2.45) is 0 Å². The van der Waals surface area contributed by atoms with Crippen LogP contribution in [0.2, 0.25) is 5.02 Å². The number of aryl methyl sites for hydroxylation is 1. The Kier molecular flexibility index (Phi) is 5.33. The summed E-state index contributed by atoms with van der Waals surface area (Å²) in [6, 6.07) is 10.5. The molecule has 9 heteroatoms. The van der Waals surface area contributed by atoms with Crippen molar-refractivity contribution in [3.8, 4) is 0 Å². The number of hydrogen-bond acceptors (Lipinski definition) is 4. The van der Waals surface area contributed by atoms with E-state index in [0.717, 1.165) is 5.56 Å². The van der Waals surface area contributed by atoms with Crippen molar-refractivity contribution in [3.63, 3.8) is 0 Å². The van der Waals surface area contributed by atoms with Gasteiger partial charge in [0.1, 0.15) is 5.69 Å². The van der Waals surface area contributed by atoms with E-state index < -0.39 is 5.97 Å². The zero-order valence-corrected chi connectivity index (χ0v) is 14.4. The monoisotopic (exact) mass is 373 g/mol. The highest BCUT2D eigenvalue weighted by Gasteiger charge is 2.12. The van der Waals surface area contributed by atoms with Gasteiger partial charge in [0, 0.05) is 29.9 Å². The maximum atomic E-state index is 12.0. The molecular weight excluding hydrogens is 358 g/mol. The highest BCUT2D eigenvalue weighted by molar-refractivity contribution is 6.31. The predicted octanol–water partition coefficient (Wildman–Crippen LogP) is 2.51. The van der Waals surface area contributed by atoms with E-state index in [4.69, 9.17) is 16.7 Å². The fraction of sp³-hybridized carbons (Fsp3) is 0.176. The Bertz CT molecular complexity index is 934. The van der Waals surface area contributed by atoms with Crippen LogP contribution in [-0.2, 0) is 17.9 Å². The summed E-state index contributed by atoms with van der Waals surface area (Å²) in [5.74, 6) is -0.943. The van der Waals surface area contributed by atoms with Crippen LogP contribution < -0.4 is 5.32 Å². The molecule has 2 aromatic heterocycles. The van der Waals surface area contributed by atoms with Gasteiger partial charge in [-0.15, -0.1) is 0 Å². The number of hydrogen-bond donors (Lipinski definition) is 2. The number of carbonyl (C=O) groups excluding carboxylic acids is 1. The number of aromatic nitrogens is 4. The van der Waals surface area contributed by atoms with Crippen molar-refractivity contribution in [2.75, 3.05) is 5.32 Å². The molecule has 0 saturated carbocycles. The topological polar surface area (TPSA) is 102 Å². The van der Waals surface area contributed by atoms with Crippen LogP contribution in [0.1, 0.15) is 22.5 Å². The molecule has 0 aliphatic heterocycles. The second-order valence-corrected chi connectivity index (χ2v) is 5.94. The summed E-state index contributed by atoms with van der Waals surface area (Å²) in [5.41, 5.74) is 0.969. The SMILES string of the molecule is O=C(CCn1nccc1C(=O)O)Nc1ccn(Cc2ccccc2Cl)n1. The molecule has 1 amide bonds. The van der Waals surface area contributed by atoms with Crippen molar-refractivity contribution in [2.45, 2.75) is 19.5 Å². The van der Waals surface area contributed by atoms with Crippen molar-refractivity contribution in [1.82, 2.24) is 19.6 Å². The first kappa shape index (κ1) is 17.7. The number of anilines is 1. The van der Waals surface area contributed by atoms with Crippen molar-refractivity contribution < 1.29 is 14.7 Å². The highest BCUT2D eigenvalue weighted by atomic mass is 35.5. The van der Waals surface area contributed by atoms with Crippen molar-refractivity contribution >= 4 is 29.3 Å². The van der Waals surface area contributed by atoms with E-state index >= 15 is 0 Å². The molecular formula is C17H16ClN5O3. The maximum Gasteiger partial charge on any atom is 0.354 e. The minimum atomic E-state index is -1.08. The number of nitrogens with one attached hydrogen (secondary N) is 1. The largest absolute Gasteiger partial charge is 0.477 e. The summed E-state index contributed by atoms with van der Waals surface area (Å²) in [6.07, 6.45) is 3.21. The van der Waals surface area contributed by atoms with Crippen LogP contribution in [0.4, 0.5) is 5.82 Å².